The second-order valence-electron chi connectivity index (χ2n) is 10.3. The molecule has 0 saturated heterocycles. The van der Waals surface area contributed by atoms with Crippen molar-refractivity contribution >= 4 is 0 Å². The van der Waals surface area contributed by atoms with E-state index in [-0.39, 0.29) is 24.0 Å². The standard InChI is InChI=1S/C26H31F3N.HI/c1-25(2)23-14-11-21(24(25)15-23)17-30(3,4)16-18-5-7-19(8-6-18)20-9-12-22(13-10-20)26(27,28)29;/h5-13,23-24H,14-17H2,1-4H3;1H/q+1;/p-1/t23-,24-;/m0./s1. The minimum Gasteiger partial charge on any atom is -1.00 e. The normalized spacial score (nSPS) is 22.2. The minimum atomic E-state index is -4.30. The molecule has 3 aliphatic carbocycles. The zero-order chi connectivity index (χ0) is 21.7. The highest BCUT2D eigenvalue weighted by Crippen LogP contribution is 2.59. The number of hydrogen-bond acceptors (Lipinski definition) is 0. The molecule has 1 saturated carbocycles. The number of quaternary nitrogens is 1. The molecule has 168 valence electrons. The number of halogens is 4. The van der Waals surface area contributed by atoms with Crippen LogP contribution in [0.3, 0.4) is 0 Å². The summed E-state index contributed by atoms with van der Waals surface area (Å²) in [7, 11) is 4.56. The Bertz CT molecular complexity index is 940. The predicted molar refractivity (Wildman–Crippen MR) is 116 cm³/mol. The molecular weight excluding hydrogens is 510 g/mol. The molecule has 1 fully saturated rings. The van der Waals surface area contributed by atoms with Gasteiger partial charge in [-0.1, -0.05) is 56.3 Å². The third-order valence-corrected chi connectivity index (χ3v) is 7.30. The molecular formula is C26H31F3IN. The zero-order valence-corrected chi connectivity index (χ0v) is 20.8. The number of rotatable bonds is 5. The second-order valence-corrected chi connectivity index (χ2v) is 10.3. The van der Waals surface area contributed by atoms with Gasteiger partial charge in [-0.15, -0.1) is 0 Å². The van der Waals surface area contributed by atoms with Crippen LogP contribution in [0, 0.1) is 17.3 Å². The summed E-state index contributed by atoms with van der Waals surface area (Å²) < 4.78 is 39.2. The first-order valence-electron chi connectivity index (χ1n) is 10.7. The van der Waals surface area contributed by atoms with E-state index in [2.05, 4.69) is 46.2 Å². The van der Waals surface area contributed by atoms with Crippen LogP contribution in [-0.2, 0) is 12.7 Å². The van der Waals surface area contributed by atoms with Gasteiger partial charge in [0.1, 0.15) is 13.1 Å². The van der Waals surface area contributed by atoms with Crippen LogP contribution in [-0.4, -0.2) is 25.1 Å². The van der Waals surface area contributed by atoms with Crippen LogP contribution in [0.25, 0.3) is 11.1 Å². The van der Waals surface area contributed by atoms with Crippen LogP contribution in [0.5, 0.6) is 0 Å². The van der Waals surface area contributed by atoms with Crippen LogP contribution in [0.15, 0.2) is 60.2 Å². The highest BCUT2D eigenvalue weighted by atomic mass is 127. The van der Waals surface area contributed by atoms with Gasteiger partial charge in [-0.3, -0.25) is 0 Å². The van der Waals surface area contributed by atoms with E-state index in [1.54, 1.807) is 17.7 Å². The van der Waals surface area contributed by atoms with Crippen molar-refractivity contribution in [3.05, 3.63) is 71.3 Å². The Morgan fingerprint density at radius 3 is 1.94 bits per heavy atom. The minimum absolute atomic E-state index is 0. The Hall–Kier alpha value is -1.34. The lowest BCUT2D eigenvalue weighted by Gasteiger charge is -2.57. The molecule has 0 heterocycles. The summed E-state index contributed by atoms with van der Waals surface area (Å²) in [5, 5.41) is 0. The van der Waals surface area contributed by atoms with Crippen LogP contribution in [0.1, 0.15) is 37.8 Å². The van der Waals surface area contributed by atoms with Gasteiger partial charge in [0, 0.05) is 5.56 Å². The molecule has 0 unspecified atom stereocenters. The molecule has 2 aromatic rings. The molecule has 0 amide bonds. The lowest BCUT2D eigenvalue weighted by Crippen LogP contribution is -3.00. The first-order valence-corrected chi connectivity index (χ1v) is 10.7. The van der Waals surface area contributed by atoms with Gasteiger partial charge in [-0.25, -0.2) is 0 Å². The van der Waals surface area contributed by atoms with Crippen molar-refractivity contribution in [2.45, 2.75) is 39.4 Å². The van der Waals surface area contributed by atoms with Gasteiger partial charge in [-0.2, -0.15) is 13.2 Å². The zero-order valence-electron chi connectivity index (χ0n) is 18.6. The highest BCUT2D eigenvalue weighted by molar-refractivity contribution is 5.64. The summed E-state index contributed by atoms with van der Waals surface area (Å²) in [4.78, 5) is 0. The third kappa shape index (κ3) is 5.03. The van der Waals surface area contributed by atoms with E-state index in [1.807, 2.05) is 12.1 Å². The smallest absolute Gasteiger partial charge is 0.416 e. The summed E-state index contributed by atoms with van der Waals surface area (Å²) in [6.45, 7) is 6.83. The van der Waals surface area contributed by atoms with Crippen molar-refractivity contribution in [1.29, 1.82) is 0 Å². The Balaban J connectivity index is 0.00000272. The maximum atomic E-state index is 12.8. The molecule has 31 heavy (non-hydrogen) atoms. The number of likely N-dealkylation sites (N-methyl/N-ethyl adjacent to an activating group) is 1. The Morgan fingerprint density at radius 1 is 0.903 bits per heavy atom. The first-order chi connectivity index (χ1) is 14.0. The lowest BCUT2D eigenvalue weighted by molar-refractivity contribution is -0.899. The average molecular weight is 541 g/mol. The molecule has 2 bridgehead atoms. The molecule has 0 aliphatic heterocycles. The number of nitrogens with zero attached hydrogens (tertiary/aromatic N) is 1. The maximum Gasteiger partial charge on any atom is 0.416 e. The summed E-state index contributed by atoms with van der Waals surface area (Å²) in [6, 6.07) is 13.6. The molecule has 5 rings (SSSR count). The van der Waals surface area contributed by atoms with Crippen LogP contribution in [0.4, 0.5) is 13.2 Å². The molecule has 0 N–H and O–H groups in total. The Morgan fingerprint density at radius 2 is 1.45 bits per heavy atom. The number of hydrogen-bond donors (Lipinski definition) is 0. The van der Waals surface area contributed by atoms with E-state index in [0.29, 0.717) is 5.41 Å². The molecule has 2 atom stereocenters. The SMILES string of the molecule is CC1(C)[C@H]2CC=C(C[N+](C)(C)Cc3ccc(-c4ccc(C(F)(F)F)cc4)cc3)[C@@H]1C2.[I-]. The van der Waals surface area contributed by atoms with Crippen molar-refractivity contribution in [2.75, 3.05) is 20.6 Å². The number of alkyl halides is 3. The fraction of sp³-hybridized carbons (Fsp3) is 0.462. The van der Waals surface area contributed by atoms with Gasteiger partial charge >= 0.3 is 6.18 Å². The van der Waals surface area contributed by atoms with Crippen LogP contribution in [0.2, 0.25) is 0 Å². The van der Waals surface area contributed by atoms with Gasteiger partial charge in [0.25, 0.3) is 0 Å². The fourth-order valence-electron chi connectivity index (χ4n) is 5.35. The van der Waals surface area contributed by atoms with Crippen molar-refractivity contribution in [2.24, 2.45) is 17.3 Å². The quantitative estimate of drug-likeness (QED) is 0.306. The third-order valence-electron chi connectivity index (χ3n) is 7.30. The summed E-state index contributed by atoms with van der Waals surface area (Å²) in [5.41, 5.74) is 4.45. The molecule has 5 heteroatoms. The number of benzene rings is 2. The summed E-state index contributed by atoms with van der Waals surface area (Å²) >= 11 is 0. The average Bonchev–Trinajstić information content (AvgIpc) is 2.67. The maximum absolute atomic E-state index is 12.8. The second kappa shape index (κ2) is 8.54. The van der Waals surface area contributed by atoms with E-state index in [4.69, 9.17) is 0 Å². The van der Waals surface area contributed by atoms with Gasteiger partial charge in [-0.05, 0) is 58.9 Å². The topological polar surface area (TPSA) is 0 Å². The molecule has 0 aromatic heterocycles. The Labute approximate surface area is 201 Å². The molecule has 3 aliphatic rings. The predicted octanol–water partition coefficient (Wildman–Crippen LogP) is 3.95. The van der Waals surface area contributed by atoms with E-state index in [0.717, 1.165) is 52.7 Å². The molecule has 2 aromatic carbocycles. The highest BCUT2D eigenvalue weighted by Gasteiger charge is 2.52. The van der Waals surface area contributed by atoms with E-state index < -0.39 is 11.7 Å². The largest absolute Gasteiger partial charge is 1.00 e. The van der Waals surface area contributed by atoms with E-state index in [1.165, 1.54) is 18.4 Å². The van der Waals surface area contributed by atoms with Gasteiger partial charge in [0.05, 0.1) is 19.7 Å². The summed E-state index contributed by atoms with van der Waals surface area (Å²) in [5.74, 6) is 1.59. The first kappa shape index (κ1) is 24.3. The van der Waals surface area contributed by atoms with Crippen molar-refractivity contribution < 1.29 is 41.6 Å². The van der Waals surface area contributed by atoms with Gasteiger partial charge in [0.15, 0.2) is 0 Å². The monoisotopic (exact) mass is 541 g/mol. The van der Waals surface area contributed by atoms with Crippen molar-refractivity contribution in [1.82, 2.24) is 0 Å². The van der Waals surface area contributed by atoms with Crippen molar-refractivity contribution in [3.63, 3.8) is 0 Å². The van der Waals surface area contributed by atoms with Crippen LogP contribution >= 0.6 is 0 Å². The lowest BCUT2D eigenvalue weighted by atomic mass is 9.49. The molecule has 0 spiro atoms. The Kier molecular flexibility index (Phi) is 6.70. The molecule has 1 nitrogen and oxygen atoms in total. The van der Waals surface area contributed by atoms with E-state index >= 15 is 0 Å². The van der Waals surface area contributed by atoms with E-state index in [9.17, 15) is 13.2 Å². The summed E-state index contributed by atoms with van der Waals surface area (Å²) in [6.07, 6.45) is 0.758. The van der Waals surface area contributed by atoms with Gasteiger partial charge in [0.2, 0.25) is 0 Å². The number of allylic oxidation sites excluding steroid dienone is 1. The fourth-order valence-corrected chi connectivity index (χ4v) is 5.35. The molecule has 0 radical (unpaired) electrons. The van der Waals surface area contributed by atoms with Gasteiger partial charge < -0.3 is 28.5 Å². The van der Waals surface area contributed by atoms with Crippen LogP contribution < -0.4 is 24.0 Å². The van der Waals surface area contributed by atoms with Crippen molar-refractivity contribution in [3.8, 4) is 11.1 Å². The number of fused-ring (bicyclic) bond motifs is 1.